The number of benzene rings is 3. The summed E-state index contributed by atoms with van der Waals surface area (Å²) in [6.45, 7) is 5.16. The van der Waals surface area contributed by atoms with Crippen LogP contribution in [-0.2, 0) is 16.6 Å². The monoisotopic (exact) mass is 447 g/mol. The number of nitrogens with one attached hydrogen (secondary N) is 1. The van der Waals surface area contributed by atoms with Gasteiger partial charge in [0.15, 0.2) is 0 Å². The van der Waals surface area contributed by atoms with Crippen molar-refractivity contribution >= 4 is 15.9 Å². The van der Waals surface area contributed by atoms with Crippen LogP contribution in [0.1, 0.15) is 35.3 Å². The van der Waals surface area contributed by atoms with E-state index in [0.29, 0.717) is 29.8 Å². The number of nitriles is 1. The summed E-state index contributed by atoms with van der Waals surface area (Å²) in [4.78, 5) is 14.4. The van der Waals surface area contributed by atoms with Crippen LogP contribution in [0.25, 0.3) is 11.1 Å². The first-order valence-corrected chi connectivity index (χ1v) is 11.8. The second-order valence-electron chi connectivity index (χ2n) is 7.22. The molecule has 0 heterocycles. The number of rotatable bonds is 8. The van der Waals surface area contributed by atoms with Gasteiger partial charge < -0.3 is 4.90 Å². The van der Waals surface area contributed by atoms with E-state index in [0.717, 1.165) is 11.1 Å². The van der Waals surface area contributed by atoms with E-state index in [1.807, 2.05) is 26.0 Å². The van der Waals surface area contributed by atoms with Gasteiger partial charge in [0.05, 0.1) is 16.5 Å². The predicted octanol–water partition coefficient (Wildman–Crippen LogP) is 4.19. The van der Waals surface area contributed by atoms with Crippen LogP contribution < -0.4 is 4.72 Å². The first-order valence-electron chi connectivity index (χ1n) is 10.4. The molecule has 7 heteroatoms. The Balaban J connectivity index is 1.71. The molecule has 0 saturated heterocycles. The number of carbonyl (C=O) groups excluding carboxylic acids is 1. The van der Waals surface area contributed by atoms with E-state index in [2.05, 4.69) is 10.8 Å². The molecule has 0 aliphatic heterocycles. The molecule has 0 aromatic heterocycles. The van der Waals surface area contributed by atoms with Gasteiger partial charge in [-0.3, -0.25) is 4.79 Å². The lowest BCUT2D eigenvalue weighted by atomic mass is 10.0. The molecule has 6 nitrogen and oxygen atoms in total. The largest absolute Gasteiger partial charge is 0.339 e. The Morgan fingerprint density at radius 3 is 2.09 bits per heavy atom. The van der Waals surface area contributed by atoms with E-state index in [1.54, 1.807) is 65.6 Å². The summed E-state index contributed by atoms with van der Waals surface area (Å²) >= 11 is 0. The van der Waals surface area contributed by atoms with Crippen molar-refractivity contribution in [2.75, 3.05) is 13.1 Å². The van der Waals surface area contributed by atoms with Crippen molar-refractivity contribution < 1.29 is 13.2 Å². The van der Waals surface area contributed by atoms with Crippen molar-refractivity contribution in [1.29, 1.82) is 5.26 Å². The number of hydrogen-bond acceptors (Lipinski definition) is 4. The van der Waals surface area contributed by atoms with Crippen LogP contribution in [0.2, 0.25) is 0 Å². The molecular formula is C25H25N3O3S. The summed E-state index contributed by atoms with van der Waals surface area (Å²) in [6, 6.07) is 22.7. The molecule has 0 unspecified atom stereocenters. The molecule has 3 aromatic carbocycles. The molecule has 1 amide bonds. The maximum absolute atomic E-state index is 12.7. The Hall–Kier alpha value is -3.47. The van der Waals surface area contributed by atoms with E-state index in [1.165, 1.54) is 0 Å². The van der Waals surface area contributed by atoms with Crippen molar-refractivity contribution in [2.45, 2.75) is 25.3 Å². The number of carbonyl (C=O) groups is 1. The van der Waals surface area contributed by atoms with Gasteiger partial charge >= 0.3 is 0 Å². The highest BCUT2D eigenvalue weighted by atomic mass is 32.2. The zero-order valence-electron chi connectivity index (χ0n) is 18.1. The second kappa shape index (κ2) is 10.2. The lowest BCUT2D eigenvalue weighted by molar-refractivity contribution is 0.0773. The summed E-state index contributed by atoms with van der Waals surface area (Å²) < 4.78 is 28.1. The van der Waals surface area contributed by atoms with Crippen LogP contribution in [0.3, 0.4) is 0 Å². The van der Waals surface area contributed by atoms with Crippen molar-refractivity contribution in [3.8, 4) is 17.2 Å². The van der Waals surface area contributed by atoms with E-state index >= 15 is 0 Å². The lowest BCUT2D eigenvalue weighted by Crippen LogP contribution is -2.30. The summed E-state index contributed by atoms with van der Waals surface area (Å²) in [6.07, 6.45) is 0. The highest BCUT2D eigenvalue weighted by molar-refractivity contribution is 7.89. The van der Waals surface area contributed by atoms with Gasteiger partial charge in [0.25, 0.3) is 5.91 Å². The number of hydrogen-bond donors (Lipinski definition) is 1. The topological polar surface area (TPSA) is 90.3 Å². The quantitative estimate of drug-likeness (QED) is 0.561. The Bertz CT molecular complexity index is 1220. The minimum Gasteiger partial charge on any atom is -0.339 e. The van der Waals surface area contributed by atoms with Gasteiger partial charge in [-0.1, -0.05) is 36.4 Å². The third kappa shape index (κ3) is 5.41. The predicted molar refractivity (Wildman–Crippen MR) is 124 cm³/mol. The Kier molecular flexibility index (Phi) is 7.41. The van der Waals surface area contributed by atoms with Gasteiger partial charge in [-0.25, -0.2) is 13.1 Å². The van der Waals surface area contributed by atoms with Gasteiger partial charge in [-0.05, 0) is 66.9 Å². The number of nitrogens with zero attached hydrogens (tertiary/aromatic N) is 2. The zero-order chi connectivity index (χ0) is 23.1. The van der Waals surface area contributed by atoms with Gasteiger partial charge in [0, 0.05) is 25.2 Å². The molecule has 164 valence electrons. The average Bonchev–Trinajstić information content (AvgIpc) is 2.84. The number of sulfonamides is 1. The number of amides is 1. The fourth-order valence-electron chi connectivity index (χ4n) is 3.33. The van der Waals surface area contributed by atoms with Gasteiger partial charge in [0.2, 0.25) is 10.0 Å². The fraction of sp³-hybridized carbons (Fsp3) is 0.200. The Morgan fingerprint density at radius 1 is 0.938 bits per heavy atom. The molecule has 0 atom stereocenters. The standard InChI is InChI=1S/C25H25N3O3S/c1-3-28(4-2)25(29)23-7-5-6-20(16-23)18-27-32(30,31)24-14-12-22(13-15-24)21-10-8-19(17-26)9-11-21/h5-16,27H,3-4,18H2,1-2H3. The summed E-state index contributed by atoms with van der Waals surface area (Å²) in [5, 5.41) is 8.90. The van der Waals surface area contributed by atoms with Crippen LogP contribution in [0.5, 0.6) is 0 Å². The van der Waals surface area contributed by atoms with E-state index in [4.69, 9.17) is 5.26 Å². The molecule has 1 N–H and O–H groups in total. The normalized spacial score (nSPS) is 11.0. The van der Waals surface area contributed by atoms with Gasteiger partial charge in [-0.15, -0.1) is 0 Å². The maximum Gasteiger partial charge on any atom is 0.253 e. The Morgan fingerprint density at radius 2 is 1.53 bits per heavy atom. The Labute approximate surface area is 189 Å². The molecule has 0 aliphatic carbocycles. The minimum atomic E-state index is -3.72. The molecular weight excluding hydrogens is 422 g/mol. The van der Waals surface area contributed by atoms with E-state index < -0.39 is 10.0 Å². The van der Waals surface area contributed by atoms with E-state index in [-0.39, 0.29) is 17.3 Å². The molecule has 3 aromatic rings. The second-order valence-corrected chi connectivity index (χ2v) is 8.98. The molecule has 0 aliphatic rings. The zero-order valence-corrected chi connectivity index (χ0v) is 18.9. The average molecular weight is 448 g/mol. The third-order valence-electron chi connectivity index (χ3n) is 5.20. The van der Waals surface area contributed by atoms with Crippen LogP contribution >= 0.6 is 0 Å². The first-order chi connectivity index (χ1) is 15.4. The highest BCUT2D eigenvalue weighted by Crippen LogP contribution is 2.22. The summed E-state index contributed by atoms with van der Waals surface area (Å²) in [5.41, 5.74) is 3.57. The SMILES string of the molecule is CCN(CC)C(=O)c1cccc(CNS(=O)(=O)c2ccc(-c3ccc(C#N)cc3)cc2)c1. The molecule has 3 rings (SSSR count). The summed E-state index contributed by atoms with van der Waals surface area (Å²) in [5.74, 6) is -0.0712. The third-order valence-corrected chi connectivity index (χ3v) is 6.62. The molecule has 0 radical (unpaired) electrons. The fourth-order valence-corrected chi connectivity index (χ4v) is 4.35. The van der Waals surface area contributed by atoms with Crippen LogP contribution in [-0.4, -0.2) is 32.3 Å². The molecule has 0 saturated carbocycles. The van der Waals surface area contributed by atoms with Crippen LogP contribution in [0.4, 0.5) is 0 Å². The van der Waals surface area contributed by atoms with Crippen molar-refractivity contribution in [3.63, 3.8) is 0 Å². The molecule has 0 spiro atoms. The van der Waals surface area contributed by atoms with Gasteiger partial charge in [0.1, 0.15) is 0 Å². The van der Waals surface area contributed by atoms with Crippen molar-refractivity contribution in [1.82, 2.24) is 9.62 Å². The smallest absolute Gasteiger partial charge is 0.253 e. The van der Waals surface area contributed by atoms with E-state index in [9.17, 15) is 13.2 Å². The molecule has 0 fully saturated rings. The molecule has 0 bridgehead atoms. The summed E-state index contributed by atoms with van der Waals surface area (Å²) in [7, 11) is -3.72. The maximum atomic E-state index is 12.7. The van der Waals surface area contributed by atoms with Crippen molar-refractivity contribution in [2.24, 2.45) is 0 Å². The minimum absolute atomic E-state index is 0.0712. The molecule has 32 heavy (non-hydrogen) atoms. The van der Waals surface area contributed by atoms with Crippen LogP contribution in [0, 0.1) is 11.3 Å². The van der Waals surface area contributed by atoms with Gasteiger partial charge in [-0.2, -0.15) is 5.26 Å². The lowest BCUT2D eigenvalue weighted by Gasteiger charge is -2.19. The van der Waals surface area contributed by atoms with Crippen molar-refractivity contribution in [3.05, 3.63) is 89.5 Å². The highest BCUT2D eigenvalue weighted by Gasteiger charge is 2.16. The van der Waals surface area contributed by atoms with Crippen LogP contribution in [0.15, 0.2) is 77.7 Å². The first kappa shape index (κ1) is 23.2.